The molecule has 0 bridgehead atoms. The number of carbonyl (C=O) groups excluding carboxylic acids is 1. The topological polar surface area (TPSA) is 52.3 Å². The molecule has 1 aliphatic carbocycles. The third-order valence-electron chi connectivity index (χ3n) is 5.58. The van der Waals surface area contributed by atoms with Gasteiger partial charge in [0.15, 0.2) is 0 Å². The molecule has 4 rings (SSSR count). The first-order valence-corrected chi connectivity index (χ1v) is 9.84. The van der Waals surface area contributed by atoms with Crippen LogP contribution < -0.4 is 10.5 Å². The van der Waals surface area contributed by atoms with Gasteiger partial charge in [0.05, 0.1) is 5.56 Å². The fourth-order valence-corrected chi connectivity index (χ4v) is 3.83. The molecule has 0 spiro atoms. The SMILES string of the molecule is Cc1ccc(C2=CCC(C)(C)c3ccc(OC(=O)c4ccccc4N)cc32)cc1. The van der Waals surface area contributed by atoms with Crippen LogP contribution >= 0.6 is 0 Å². The Morgan fingerprint density at radius 3 is 2.45 bits per heavy atom. The standard InChI is InChI=1S/C26H25NO2/c1-17-8-10-18(11-9-17)20-14-15-26(2,3)23-13-12-19(16-22(20)23)29-25(28)21-6-4-5-7-24(21)27/h4-14,16H,15,27H2,1-3H3. The van der Waals surface area contributed by atoms with E-state index >= 15 is 0 Å². The summed E-state index contributed by atoms with van der Waals surface area (Å²) in [5.74, 6) is 0.0756. The number of hydrogen-bond donors (Lipinski definition) is 1. The molecule has 0 unspecified atom stereocenters. The highest BCUT2D eigenvalue weighted by Crippen LogP contribution is 2.42. The lowest BCUT2D eigenvalue weighted by atomic mass is 9.72. The Balaban J connectivity index is 1.73. The minimum Gasteiger partial charge on any atom is -0.423 e. The molecule has 29 heavy (non-hydrogen) atoms. The van der Waals surface area contributed by atoms with Crippen LogP contribution in [0, 0.1) is 6.92 Å². The number of rotatable bonds is 3. The molecule has 0 fully saturated rings. The van der Waals surface area contributed by atoms with Gasteiger partial charge in [-0.15, -0.1) is 0 Å². The molecule has 3 heteroatoms. The number of para-hydroxylation sites is 1. The molecule has 3 aromatic carbocycles. The van der Waals surface area contributed by atoms with Crippen LogP contribution in [-0.4, -0.2) is 5.97 Å². The van der Waals surface area contributed by atoms with E-state index in [9.17, 15) is 4.79 Å². The van der Waals surface area contributed by atoms with Gasteiger partial charge in [-0.3, -0.25) is 0 Å². The van der Waals surface area contributed by atoms with E-state index in [0.29, 0.717) is 17.0 Å². The number of esters is 1. The van der Waals surface area contributed by atoms with E-state index in [2.05, 4.69) is 57.2 Å². The molecule has 0 atom stereocenters. The zero-order valence-electron chi connectivity index (χ0n) is 17.0. The van der Waals surface area contributed by atoms with E-state index in [-0.39, 0.29) is 5.41 Å². The van der Waals surface area contributed by atoms with Crippen molar-refractivity contribution in [3.8, 4) is 5.75 Å². The molecular formula is C26H25NO2. The zero-order chi connectivity index (χ0) is 20.6. The van der Waals surface area contributed by atoms with E-state index in [1.165, 1.54) is 22.3 Å². The van der Waals surface area contributed by atoms with Crippen LogP contribution in [0.3, 0.4) is 0 Å². The summed E-state index contributed by atoms with van der Waals surface area (Å²) in [7, 11) is 0. The molecule has 0 aromatic heterocycles. The van der Waals surface area contributed by atoms with Crippen LogP contribution in [-0.2, 0) is 5.41 Å². The quantitative estimate of drug-likeness (QED) is 0.347. The normalized spacial score (nSPS) is 14.7. The predicted octanol–water partition coefficient (Wildman–Crippen LogP) is 5.91. The highest BCUT2D eigenvalue weighted by Gasteiger charge is 2.29. The Labute approximate surface area is 171 Å². The number of aryl methyl sites for hydroxylation is 1. The summed E-state index contributed by atoms with van der Waals surface area (Å²) >= 11 is 0. The second kappa shape index (κ2) is 7.25. The minimum atomic E-state index is -0.445. The number of carbonyl (C=O) groups is 1. The Morgan fingerprint density at radius 2 is 1.72 bits per heavy atom. The molecule has 1 aliphatic rings. The van der Waals surface area contributed by atoms with E-state index in [1.807, 2.05) is 12.1 Å². The van der Waals surface area contributed by atoms with Gasteiger partial charge in [-0.1, -0.05) is 68.0 Å². The summed E-state index contributed by atoms with van der Waals surface area (Å²) in [5, 5.41) is 0. The maximum atomic E-state index is 12.6. The summed E-state index contributed by atoms with van der Waals surface area (Å²) in [4.78, 5) is 12.6. The molecule has 0 radical (unpaired) electrons. The fourth-order valence-electron chi connectivity index (χ4n) is 3.83. The van der Waals surface area contributed by atoms with Crippen molar-refractivity contribution in [2.75, 3.05) is 5.73 Å². The first-order valence-electron chi connectivity index (χ1n) is 9.84. The molecule has 0 aliphatic heterocycles. The first-order chi connectivity index (χ1) is 13.8. The number of nitrogens with two attached hydrogens (primary N) is 1. The van der Waals surface area contributed by atoms with Gasteiger partial charge >= 0.3 is 5.97 Å². The molecule has 146 valence electrons. The van der Waals surface area contributed by atoms with Crippen molar-refractivity contribution < 1.29 is 9.53 Å². The van der Waals surface area contributed by atoms with Crippen LogP contribution in [0.5, 0.6) is 5.75 Å². The Bertz CT molecular complexity index is 1110. The smallest absolute Gasteiger partial charge is 0.345 e. The molecule has 0 saturated carbocycles. The van der Waals surface area contributed by atoms with Crippen molar-refractivity contribution in [2.45, 2.75) is 32.6 Å². The van der Waals surface area contributed by atoms with Crippen LogP contribution in [0.1, 0.15) is 52.9 Å². The van der Waals surface area contributed by atoms with E-state index < -0.39 is 5.97 Å². The van der Waals surface area contributed by atoms with Gasteiger partial charge in [0.2, 0.25) is 0 Å². The lowest BCUT2D eigenvalue weighted by Gasteiger charge is -2.32. The van der Waals surface area contributed by atoms with Gasteiger partial charge in [-0.25, -0.2) is 4.79 Å². The van der Waals surface area contributed by atoms with Crippen molar-refractivity contribution in [2.24, 2.45) is 0 Å². The summed E-state index contributed by atoms with van der Waals surface area (Å²) < 4.78 is 5.67. The first kappa shape index (κ1) is 19.0. The van der Waals surface area contributed by atoms with Crippen molar-refractivity contribution in [1.29, 1.82) is 0 Å². The van der Waals surface area contributed by atoms with Crippen LogP contribution in [0.4, 0.5) is 5.69 Å². The van der Waals surface area contributed by atoms with E-state index in [1.54, 1.807) is 24.3 Å². The monoisotopic (exact) mass is 383 g/mol. The van der Waals surface area contributed by atoms with Crippen molar-refractivity contribution in [3.63, 3.8) is 0 Å². The molecule has 0 amide bonds. The van der Waals surface area contributed by atoms with E-state index in [0.717, 1.165) is 12.0 Å². The second-order valence-corrected chi connectivity index (χ2v) is 8.26. The molecule has 3 aromatic rings. The highest BCUT2D eigenvalue weighted by atomic mass is 16.5. The lowest BCUT2D eigenvalue weighted by Crippen LogP contribution is -2.22. The third kappa shape index (κ3) is 3.68. The highest BCUT2D eigenvalue weighted by molar-refractivity contribution is 5.96. The third-order valence-corrected chi connectivity index (χ3v) is 5.58. The largest absolute Gasteiger partial charge is 0.423 e. The second-order valence-electron chi connectivity index (χ2n) is 8.26. The van der Waals surface area contributed by atoms with Gasteiger partial charge in [-0.2, -0.15) is 0 Å². The number of allylic oxidation sites excluding steroid dienone is 1. The van der Waals surface area contributed by atoms with E-state index in [4.69, 9.17) is 10.5 Å². The summed E-state index contributed by atoms with van der Waals surface area (Å²) in [5.41, 5.74) is 12.7. The molecular weight excluding hydrogens is 358 g/mol. The van der Waals surface area contributed by atoms with Crippen LogP contribution in [0.15, 0.2) is 72.8 Å². The number of fused-ring (bicyclic) bond motifs is 1. The summed E-state index contributed by atoms with van der Waals surface area (Å²) in [6.07, 6.45) is 3.25. The number of anilines is 1. The Kier molecular flexibility index (Phi) is 4.75. The van der Waals surface area contributed by atoms with Gasteiger partial charge in [-0.05, 0) is 65.3 Å². The Hall–Kier alpha value is -3.33. The predicted molar refractivity (Wildman–Crippen MR) is 118 cm³/mol. The van der Waals surface area contributed by atoms with Crippen LogP contribution in [0.2, 0.25) is 0 Å². The zero-order valence-corrected chi connectivity index (χ0v) is 17.0. The molecule has 2 N–H and O–H groups in total. The Morgan fingerprint density at radius 1 is 1.00 bits per heavy atom. The molecule has 3 nitrogen and oxygen atoms in total. The van der Waals surface area contributed by atoms with Crippen LogP contribution in [0.25, 0.3) is 5.57 Å². The number of nitrogen functional groups attached to an aromatic ring is 1. The summed E-state index contributed by atoms with van der Waals surface area (Å²) in [6, 6.07) is 21.4. The maximum Gasteiger partial charge on any atom is 0.345 e. The van der Waals surface area contributed by atoms with Gasteiger partial charge in [0.1, 0.15) is 5.75 Å². The van der Waals surface area contributed by atoms with Gasteiger partial charge in [0, 0.05) is 5.69 Å². The van der Waals surface area contributed by atoms with Crippen molar-refractivity contribution >= 4 is 17.2 Å². The summed E-state index contributed by atoms with van der Waals surface area (Å²) in [6.45, 7) is 6.57. The lowest BCUT2D eigenvalue weighted by molar-refractivity contribution is 0.0736. The number of ether oxygens (including phenoxy) is 1. The molecule has 0 heterocycles. The van der Waals surface area contributed by atoms with Gasteiger partial charge < -0.3 is 10.5 Å². The average Bonchev–Trinajstić information content (AvgIpc) is 2.69. The average molecular weight is 383 g/mol. The van der Waals surface area contributed by atoms with Gasteiger partial charge in [0.25, 0.3) is 0 Å². The minimum absolute atomic E-state index is 0.0237. The maximum absolute atomic E-state index is 12.6. The molecule has 0 saturated heterocycles. The van der Waals surface area contributed by atoms with Crippen molar-refractivity contribution in [3.05, 3.63) is 101 Å². The number of benzene rings is 3. The fraction of sp³-hybridized carbons (Fsp3) is 0.192. The number of hydrogen-bond acceptors (Lipinski definition) is 3. The van der Waals surface area contributed by atoms with Crippen molar-refractivity contribution in [1.82, 2.24) is 0 Å².